The number of fused-ring (bicyclic) bond motifs is 1. The van der Waals surface area contributed by atoms with E-state index in [1.54, 1.807) is 18.2 Å². The van der Waals surface area contributed by atoms with Gasteiger partial charge < -0.3 is 9.84 Å². The molecule has 0 bridgehead atoms. The van der Waals surface area contributed by atoms with E-state index in [0.29, 0.717) is 12.2 Å². The maximum Gasteiger partial charge on any atom is 0.316 e. The van der Waals surface area contributed by atoms with Gasteiger partial charge in [0, 0.05) is 5.56 Å². The van der Waals surface area contributed by atoms with Crippen LogP contribution in [0.4, 0.5) is 0 Å². The lowest BCUT2D eigenvalue weighted by molar-refractivity contribution is -0.144. The third-order valence-electron chi connectivity index (χ3n) is 3.27. The average molecular weight is 248 g/mol. The Hall–Kier alpha value is -1.84. The normalized spacial score (nSPS) is 14.6. The van der Waals surface area contributed by atoms with E-state index in [0.717, 1.165) is 24.2 Å². The minimum Gasteiger partial charge on any atom is -0.493 e. The second-order valence-corrected chi connectivity index (χ2v) is 5.03. The number of carbonyl (C=O) groups excluding carboxylic acids is 1. The molecule has 1 heterocycles. The molecule has 96 valence electrons. The molecule has 0 aromatic heterocycles. The first kappa shape index (κ1) is 12.6. The molecule has 1 N–H and O–H groups in total. The molecule has 2 rings (SSSR count). The standard InChI is InChI=1S/C14H16O4/c1-14(2,13(16)17)12(15)10-5-6-11-9(8-10)4-3-7-18-11/h5-6,8H,3-4,7H2,1-2H3,(H,16,17). The van der Waals surface area contributed by atoms with Gasteiger partial charge in [-0.15, -0.1) is 0 Å². The highest BCUT2D eigenvalue weighted by molar-refractivity contribution is 6.11. The number of hydrogen-bond acceptors (Lipinski definition) is 3. The average Bonchev–Trinajstić information content (AvgIpc) is 2.37. The maximum atomic E-state index is 12.2. The molecule has 1 aliphatic rings. The minimum absolute atomic E-state index is 0.372. The van der Waals surface area contributed by atoms with Crippen LogP contribution in [0, 0.1) is 5.41 Å². The van der Waals surface area contributed by atoms with Gasteiger partial charge in [-0.2, -0.15) is 0 Å². The summed E-state index contributed by atoms with van der Waals surface area (Å²) in [5.74, 6) is -0.684. The quantitative estimate of drug-likeness (QED) is 0.658. The Morgan fingerprint density at radius 3 is 2.72 bits per heavy atom. The van der Waals surface area contributed by atoms with E-state index < -0.39 is 11.4 Å². The van der Waals surface area contributed by atoms with Crippen LogP contribution in [0.1, 0.15) is 36.2 Å². The van der Waals surface area contributed by atoms with Gasteiger partial charge in [-0.05, 0) is 50.5 Å². The number of aryl methyl sites for hydroxylation is 1. The summed E-state index contributed by atoms with van der Waals surface area (Å²) in [7, 11) is 0. The highest BCUT2D eigenvalue weighted by Gasteiger charge is 2.36. The van der Waals surface area contributed by atoms with Gasteiger partial charge in [0.05, 0.1) is 6.61 Å². The lowest BCUT2D eigenvalue weighted by Crippen LogP contribution is -2.33. The molecule has 0 amide bonds. The second kappa shape index (κ2) is 4.44. The summed E-state index contributed by atoms with van der Waals surface area (Å²) in [5.41, 5.74) is 0.0176. The Balaban J connectivity index is 2.35. The third-order valence-corrected chi connectivity index (χ3v) is 3.27. The van der Waals surface area contributed by atoms with Crippen molar-refractivity contribution in [1.82, 2.24) is 0 Å². The van der Waals surface area contributed by atoms with Crippen LogP contribution >= 0.6 is 0 Å². The fraction of sp³-hybridized carbons (Fsp3) is 0.429. The molecule has 0 atom stereocenters. The molecule has 0 unspecified atom stereocenters. The van der Waals surface area contributed by atoms with Gasteiger partial charge in [-0.1, -0.05) is 0 Å². The molecule has 0 saturated heterocycles. The van der Waals surface area contributed by atoms with E-state index >= 15 is 0 Å². The monoisotopic (exact) mass is 248 g/mol. The van der Waals surface area contributed by atoms with Crippen LogP contribution in [0.25, 0.3) is 0 Å². The molecule has 1 aromatic carbocycles. The van der Waals surface area contributed by atoms with Gasteiger partial charge >= 0.3 is 5.97 Å². The number of ether oxygens (including phenoxy) is 1. The number of benzene rings is 1. The molecule has 0 saturated carbocycles. The summed E-state index contributed by atoms with van der Waals surface area (Å²) in [6.45, 7) is 3.54. The Morgan fingerprint density at radius 2 is 2.06 bits per heavy atom. The van der Waals surface area contributed by atoms with Crippen LogP contribution in [0.3, 0.4) is 0 Å². The van der Waals surface area contributed by atoms with Crippen molar-refractivity contribution in [3.63, 3.8) is 0 Å². The molecule has 0 spiro atoms. The van der Waals surface area contributed by atoms with Crippen LogP contribution < -0.4 is 4.74 Å². The van der Waals surface area contributed by atoms with Crippen molar-refractivity contribution in [3.05, 3.63) is 29.3 Å². The number of carboxylic acid groups (broad SMARTS) is 1. The van der Waals surface area contributed by atoms with Crippen molar-refractivity contribution in [2.45, 2.75) is 26.7 Å². The lowest BCUT2D eigenvalue weighted by atomic mass is 9.83. The molecule has 1 aliphatic heterocycles. The van der Waals surface area contributed by atoms with Crippen molar-refractivity contribution in [1.29, 1.82) is 0 Å². The smallest absolute Gasteiger partial charge is 0.316 e. The van der Waals surface area contributed by atoms with Crippen molar-refractivity contribution in [3.8, 4) is 5.75 Å². The van der Waals surface area contributed by atoms with E-state index in [1.807, 2.05) is 0 Å². The molecule has 0 radical (unpaired) electrons. The van der Waals surface area contributed by atoms with Crippen LogP contribution in [0.2, 0.25) is 0 Å². The number of rotatable bonds is 3. The molecule has 0 fully saturated rings. The highest BCUT2D eigenvalue weighted by atomic mass is 16.5. The van der Waals surface area contributed by atoms with Gasteiger partial charge in [0.25, 0.3) is 0 Å². The number of aliphatic carboxylic acids is 1. The van der Waals surface area contributed by atoms with Crippen LogP contribution in [0.5, 0.6) is 5.75 Å². The summed E-state index contributed by atoms with van der Waals surface area (Å²) in [5, 5.41) is 9.07. The SMILES string of the molecule is CC(C)(C(=O)O)C(=O)c1ccc2c(c1)CCCO2. The zero-order valence-corrected chi connectivity index (χ0v) is 10.5. The zero-order valence-electron chi connectivity index (χ0n) is 10.5. The van der Waals surface area contributed by atoms with Gasteiger partial charge in [-0.3, -0.25) is 9.59 Å². The van der Waals surface area contributed by atoms with Crippen molar-refractivity contribution < 1.29 is 19.4 Å². The second-order valence-electron chi connectivity index (χ2n) is 5.03. The first-order valence-corrected chi connectivity index (χ1v) is 5.97. The minimum atomic E-state index is -1.40. The third kappa shape index (κ3) is 2.10. The molecular formula is C14H16O4. The Morgan fingerprint density at radius 1 is 1.33 bits per heavy atom. The molecule has 0 aliphatic carbocycles. The van der Waals surface area contributed by atoms with E-state index in [-0.39, 0.29) is 5.78 Å². The largest absolute Gasteiger partial charge is 0.493 e. The van der Waals surface area contributed by atoms with Crippen molar-refractivity contribution in [2.75, 3.05) is 6.61 Å². The van der Waals surface area contributed by atoms with E-state index in [9.17, 15) is 9.59 Å². The first-order chi connectivity index (χ1) is 8.43. The van der Waals surface area contributed by atoms with Crippen LogP contribution in [-0.4, -0.2) is 23.5 Å². The topological polar surface area (TPSA) is 63.6 Å². The summed E-state index contributed by atoms with van der Waals surface area (Å²) < 4.78 is 5.46. The van der Waals surface area contributed by atoms with Gasteiger partial charge in [0.2, 0.25) is 0 Å². The first-order valence-electron chi connectivity index (χ1n) is 5.97. The van der Waals surface area contributed by atoms with E-state index in [2.05, 4.69) is 0 Å². The number of ketones is 1. The molecular weight excluding hydrogens is 232 g/mol. The maximum absolute atomic E-state index is 12.2. The predicted octanol–water partition coefficient (Wildman–Crippen LogP) is 2.31. The predicted molar refractivity (Wildman–Crippen MR) is 66.0 cm³/mol. The highest BCUT2D eigenvalue weighted by Crippen LogP contribution is 2.29. The number of carboxylic acids is 1. The van der Waals surface area contributed by atoms with Gasteiger partial charge in [0.1, 0.15) is 11.2 Å². The van der Waals surface area contributed by atoms with E-state index in [4.69, 9.17) is 9.84 Å². The molecule has 18 heavy (non-hydrogen) atoms. The number of Topliss-reactive ketones (excluding diaryl/α,β-unsaturated/α-hetero) is 1. The Bertz CT molecular complexity index is 503. The van der Waals surface area contributed by atoms with Crippen LogP contribution in [0.15, 0.2) is 18.2 Å². The Kier molecular flexibility index (Phi) is 3.11. The Labute approximate surface area is 106 Å². The number of carbonyl (C=O) groups is 2. The lowest BCUT2D eigenvalue weighted by Gasteiger charge is -2.21. The summed E-state index contributed by atoms with van der Waals surface area (Å²) in [6.07, 6.45) is 1.79. The number of hydrogen-bond donors (Lipinski definition) is 1. The van der Waals surface area contributed by atoms with Crippen molar-refractivity contribution >= 4 is 11.8 Å². The summed E-state index contributed by atoms with van der Waals surface area (Å²) >= 11 is 0. The van der Waals surface area contributed by atoms with Crippen molar-refractivity contribution in [2.24, 2.45) is 5.41 Å². The van der Waals surface area contributed by atoms with E-state index in [1.165, 1.54) is 13.8 Å². The summed E-state index contributed by atoms with van der Waals surface area (Å²) in [6, 6.07) is 5.14. The summed E-state index contributed by atoms with van der Waals surface area (Å²) in [4.78, 5) is 23.3. The molecule has 4 heteroatoms. The van der Waals surface area contributed by atoms with Gasteiger partial charge in [0.15, 0.2) is 5.78 Å². The van der Waals surface area contributed by atoms with Gasteiger partial charge in [-0.25, -0.2) is 0 Å². The fourth-order valence-electron chi connectivity index (χ4n) is 1.96. The molecule has 4 nitrogen and oxygen atoms in total. The zero-order chi connectivity index (χ0) is 13.3. The molecule has 1 aromatic rings. The van der Waals surface area contributed by atoms with Crippen LogP contribution in [-0.2, 0) is 11.2 Å². The fourth-order valence-corrected chi connectivity index (χ4v) is 1.96.